The first-order valence-corrected chi connectivity index (χ1v) is 5.49. The van der Waals surface area contributed by atoms with E-state index in [2.05, 4.69) is 10.4 Å². The second kappa shape index (κ2) is 4.82. The molecule has 1 amide bonds. The van der Waals surface area contributed by atoms with Gasteiger partial charge < -0.3 is 5.32 Å². The summed E-state index contributed by atoms with van der Waals surface area (Å²) in [6.07, 6.45) is 1.59. The van der Waals surface area contributed by atoms with Gasteiger partial charge >= 0.3 is 0 Å². The molecule has 0 spiro atoms. The molecule has 0 fully saturated rings. The number of benzene rings is 1. The third-order valence-electron chi connectivity index (χ3n) is 2.78. The van der Waals surface area contributed by atoms with Crippen molar-refractivity contribution in [3.63, 3.8) is 0 Å². The van der Waals surface area contributed by atoms with E-state index in [1.165, 1.54) is 0 Å². The molecule has 4 nitrogen and oxygen atoms in total. The minimum absolute atomic E-state index is 0.0838. The summed E-state index contributed by atoms with van der Waals surface area (Å²) in [4.78, 5) is 11.9. The van der Waals surface area contributed by atoms with Gasteiger partial charge in [-0.25, -0.2) is 0 Å². The van der Waals surface area contributed by atoms with Crippen LogP contribution in [-0.4, -0.2) is 15.7 Å². The van der Waals surface area contributed by atoms with Gasteiger partial charge in [0, 0.05) is 19.3 Å². The van der Waals surface area contributed by atoms with Gasteiger partial charge in [-0.1, -0.05) is 30.3 Å². The van der Waals surface area contributed by atoms with Crippen molar-refractivity contribution in [2.24, 2.45) is 7.05 Å². The molecule has 17 heavy (non-hydrogen) atoms. The molecule has 0 aliphatic rings. The fraction of sp³-hybridized carbons (Fsp3) is 0.231. The molecule has 0 aliphatic heterocycles. The molecule has 1 aromatic heterocycles. The lowest BCUT2D eigenvalue weighted by Gasteiger charge is -2.04. The Labute approximate surface area is 100 Å². The van der Waals surface area contributed by atoms with Crippen LogP contribution < -0.4 is 5.32 Å². The van der Waals surface area contributed by atoms with Crippen molar-refractivity contribution in [3.8, 4) is 0 Å². The average molecular weight is 229 g/mol. The minimum atomic E-state index is -0.0838. The lowest BCUT2D eigenvalue weighted by atomic mass is 10.2. The Morgan fingerprint density at radius 2 is 2.06 bits per heavy atom. The van der Waals surface area contributed by atoms with E-state index in [0.717, 1.165) is 11.3 Å². The summed E-state index contributed by atoms with van der Waals surface area (Å²) in [5.74, 6) is -0.0838. The maximum absolute atomic E-state index is 11.9. The number of carbonyl (C=O) groups is 1. The first kappa shape index (κ1) is 11.4. The third kappa shape index (κ3) is 2.53. The highest BCUT2D eigenvalue weighted by molar-refractivity contribution is 5.94. The molecule has 1 aromatic carbocycles. The number of hydrogen-bond acceptors (Lipinski definition) is 2. The highest BCUT2D eigenvalue weighted by Gasteiger charge is 2.11. The molecule has 1 heterocycles. The summed E-state index contributed by atoms with van der Waals surface area (Å²) >= 11 is 0. The molecule has 4 heteroatoms. The summed E-state index contributed by atoms with van der Waals surface area (Å²) in [6.45, 7) is 2.42. The molecule has 0 bridgehead atoms. The van der Waals surface area contributed by atoms with Gasteiger partial charge in [0.25, 0.3) is 5.91 Å². The van der Waals surface area contributed by atoms with Gasteiger partial charge in [-0.3, -0.25) is 9.48 Å². The molecule has 0 aliphatic carbocycles. The first-order chi connectivity index (χ1) is 8.18. The normalized spacial score (nSPS) is 10.2. The van der Waals surface area contributed by atoms with Crippen LogP contribution in [0.4, 0.5) is 0 Å². The van der Waals surface area contributed by atoms with E-state index < -0.39 is 0 Å². The van der Waals surface area contributed by atoms with Crippen molar-refractivity contribution in [2.45, 2.75) is 13.5 Å². The fourth-order valence-corrected chi connectivity index (χ4v) is 1.60. The van der Waals surface area contributed by atoms with E-state index in [4.69, 9.17) is 0 Å². The van der Waals surface area contributed by atoms with Gasteiger partial charge in [-0.2, -0.15) is 5.10 Å². The molecule has 0 radical (unpaired) electrons. The Morgan fingerprint density at radius 1 is 1.35 bits per heavy atom. The zero-order valence-corrected chi connectivity index (χ0v) is 9.97. The van der Waals surface area contributed by atoms with Crippen LogP contribution in [0.1, 0.15) is 21.6 Å². The number of nitrogens with zero attached hydrogens (tertiary/aromatic N) is 2. The number of amides is 1. The minimum Gasteiger partial charge on any atom is -0.348 e. The Bertz CT molecular complexity index is 517. The molecule has 2 aromatic rings. The van der Waals surface area contributed by atoms with Crippen LogP contribution >= 0.6 is 0 Å². The summed E-state index contributed by atoms with van der Waals surface area (Å²) < 4.78 is 1.69. The van der Waals surface area contributed by atoms with Gasteiger partial charge in [-0.15, -0.1) is 0 Å². The molecule has 2 rings (SSSR count). The number of rotatable bonds is 3. The van der Waals surface area contributed by atoms with Crippen molar-refractivity contribution in [3.05, 3.63) is 53.3 Å². The van der Waals surface area contributed by atoms with Crippen LogP contribution in [0.2, 0.25) is 0 Å². The maximum atomic E-state index is 11.9. The van der Waals surface area contributed by atoms with E-state index >= 15 is 0 Å². The predicted octanol–water partition coefficient (Wildman–Crippen LogP) is 1.66. The van der Waals surface area contributed by atoms with Crippen LogP contribution in [0.15, 0.2) is 36.5 Å². The van der Waals surface area contributed by atoms with E-state index in [-0.39, 0.29) is 5.91 Å². The van der Waals surface area contributed by atoms with Crippen molar-refractivity contribution in [1.29, 1.82) is 0 Å². The SMILES string of the molecule is Cc1c(C(=O)NCc2ccccc2)cnn1C. The smallest absolute Gasteiger partial charge is 0.255 e. The first-order valence-electron chi connectivity index (χ1n) is 5.49. The zero-order chi connectivity index (χ0) is 12.3. The summed E-state index contributed by atoms with van der Waals surface area (Å²) in [6, 6.07) is 9.83. The van der Waals surface area contributed by atoms with Crippen LogP contribution in [0.3, 0.4) is 0 Å². The number of aryl methyl sites for hydroxylation is 1. The molecule has 0 saturated carbocycles. The highest BCUT2D eigenvalue weighted by Crippen LogP contribution is 2.06. The van der Waals surface area contributed by atoms with Gasteiger partial charge in [0.2, 0.25) is 0 Å². The number of aromatic nitrogens is 2. The third-order valence-corrected chi connectivity index (χ3v) is 2.78. The van der Waals surface area contributed by atoms with E-state index in [1.54, 1.807) is 10.9 Å². The summed E-state index contributed by atoms with van der Waals surface area (Å²) in [7, 11) is 1.82. The Hall–Kier alpha value is -2.10. The fourth-order valence-electron chi connectivity index (χ4n) is 1.60. The topological polar surface area (TPSA) is 46.9 Å². The number of nitrogens with one attached hydrogen (secondary N) is 1. The van der Waals surface area contributed by atoms with E-state index in [9.17, 15) is 4.79 Å². The molecule has 0 saturated heterocycles. The van der Waals surface area contributed by atoms with Gasteiger partial charge in [-0.05, 0) is 12.5 Å². The van der Waals surface area contributed by atoms with Crippen molar-refractivity contribution in [1.82, 2.24) is 15.1 Å². The van der Waals surface area contributed by atoms with Crippen molar-refractivity contribution >= 4 is 5.91 Å². The molecular formula is C13H15N3O. The quantitative estimate of drug-likeness (QED) is 0.870. The summed E-state index contributed by atoms with van der Waals surface area (Å²) in [5.41, 5.74) is 2.58. The Balaban J connectivity index is 2.01. The monoisotopic (exact) mass is 229 g/mol. The predicted molar refractivity (Wildman–Crippen MR) is 65.6 cm³/mol. The largest absolute Gasteiger partial charge is 0.348 e. The second-order valence-corrected chi connectivity index (χ2v) is 3.94. The Morgan fingerprint density at radius 3 is 2.65 bits per heavy atom. The average Bonchev–Trinajstić information content (AvgIpc) is 2.69. The molecule has 0 unspecified atom stereocenters. The highest BCUT2D eigenvalue weighted by atomic mass is 16.1. The van der Waals surface area contributed by atoms with Crippen molar-refractivity contribution < 1.29 is 4.79 Å². The van der Waals surface area contributed by atoms with E-state index in [0.29, 0.717) is 12.1 Å². The lowest BCUT2D eigenvalue weighted by Crippen LogP contribution is -2.23. The van der Waals surface area contributed by atoms with Crippen LogP contribution in [0, 0.1) is 6.92 Å². The molecule has 0 atom stereocenters. The lowest BCUT2D eigenvalue weighted by molar-refractivity contribution is 0.0950. The molecule has 88 valence electrons. The van der Waals surface area contributed by atoms with Gasteiger partial charge in [0.15, 0.2) is 0 Å². The molecule has 1 N–H and O–H groups in total. The van der Waals surface area contributed by atoms with Gasteiger partial charge in [0.1, 0.15) is 0 Å². The number of carbonyl (C=O) groups excluding carboxylic acids is 1. The van der Waals surface area contributed by atoms with Crippen molar-refractivity contribution in [2.75, 3.05) is 0 Å². The zero-order valence-electron chi connectivity index (χ0n) is 9.97. The van der Waals surface area contributed by atoms with Crippen LogP contribution in [0.5, 0.6) is 0 Å². The van der Waals surface area contributed by atoms with Crippen LogP contribution in [-0.2, 0) is 13.6 Å². The second-order valence-electron chi connectivity index (χ2n) is 3.94. The van der Waals surface area contributed by atoms with E-state index in [1.807, 2.05) is 44.3 Å². The number of hydrogen-bond donors (Lipinski definition) is 1. The maximum Gasteiger partial charge on any atom is 0.255 e. The standard InChI is InChI=1S/C13H15N3O/c1-10-12(9-15-16(10)2)13(17)14-8-11-6-4-3-5-7-11/h3-7,9H,8H2,1-2H3,(H,14,17). The summed E-state index contributed by atoms with van der Waals surface area (Å²) in [5, 5.41) is 6.93. The van der Waals surface area contributed by atoms with Gasteiger partial charge in [0.05, 0.1) is 11.8 Å². The van der Waals surface area contributed by atoms with Crippen LogP contribution in [0.25, 0.3) is 0 Å². The molecular weight excluding hydrogens is 214 g/mol. The Kier molecular flexibility index (Phi) is 3.23.